The molecule has 0 fully saturated rings. The van der Waals surface area contributed by atoms with Crippen LogP contribution in [0.2, 0.25) is 5.02 Å². The van der Waals surface area contributed by atoms with Crippen molar-refractivity contribution in [3.8, 4) is 11.5 Å². The van der Waals surface area contributed by atoms with Gasteiger partial charge in [0.25, 0.3) is 0 Å². The second-order valence-corrected chi connectivity index (χ2v) is 6.69. The fourth-order valence-electron chi connectivity index (χ4n) is 2.11. The predicted octanol–water partition coefficient (Wildman–Crippen LogP) is 4.37. The molecule has 0 amide bonds. The van der Waals surface area contributed by atoms with Crippen LogP contribution in [0.3, 0.4) is 0 Å². The summed E-state index contributed by atoms with van der Waals surface area (Å²) in [7, 11) is 0. The number of thiophene rings is 1. The van der Waals surface area contributed by atoms with Crippen molar-refractivity contribution >= 4 is 38.9 Å². The van der Waals surface area contributed by atoms with Gasteiger partial charge in [0.1, 0.15) is 0 Å². The molecular formula is C14H13BrClNO2S. The van der Waals surface area contributed by atoms with Crippen LogP contribution in [0.15, 0.2) is 28.1 Å². The average Bonchev–Trinajstić information content (AvgIpc) is 2.72. The molecule has 106 valence electrons. The molecule has 1 aromatic carbocycles. The third-order valence-corrected chi connectivity index (χ3v) is 5.26. The number of nitrogens with two attached hydrogens (primary N) is 1. The Morgan fingerprint density at radius 3 is 2.60 bits per heavy atom. The van der Waals surface area contributed by atoms with Crippen molar-refractivity contribution in [2.45, 2.75) is 12.5 Å². The zero-order valence-electron chi connectivity index (χ0n) is 10.6. The maximum absolute atomic E-state index is 6.33. The van der Waals surface area contributed by atoms with E-state index in [0.29, 0.717) is 18.2 Å². The summed E-state index contributed by atoms with van der Waals surface area (Å²) >= 11 is 11.3. The minimum Gasteiger partial charge on any atom is -0.490 e. The Bertz CT molecular complexity index is 632. The van der Waals surface area contributed by atoms with Crippen LogP contribution < -0.4 is 15.2 Å². The van der Waals surface area contributed by atoms with Crippen molar-refractivity contribution in [1.29, 1.82) is 0 Å². The molecule has 0 bridgehead atoms. The third-order valence-electron chi connectivity index (χ3n) is 3.13. The molecular weight excluding hydrogens is 362 g/mol. The number of halogens is 2. The van der Waals surface area contributed by atoms with Crippen LogP contribution in [0, 0.1) is 0 Å². The summed E-state index contributed by atoms with van der Waals surface area (Å²) in [6.07, 6.45) is 0.879. The van der Waals surface area contributed by atoms with Crippen LogP contribution in [0.25, 0.3) is 0 Å². The minimum absolute atomic E-state index is 0.283. The molecule has 0 spiro atoms. The summed E-state index contributed by atoms with van der Waals surface area (Å²) in [6.45, 7) is 1.32. The quantitative estimate of drug-likeness (QED) is 0.848. The lowest BCUT2D eigenvalue weighted by atomic mass is 10.1. The number of rotatable bonds is 2. The van der Waals surface area contributed by atoms with E-state index in [1.807, 2.05) is 23.6 Å². The second kappa shape index (κ2) is 5.93. The van der Waals surface area contributed by atoms with E-state index >= 15 is 0 Å². The maximum Gasteiger partial charge on any atom is 0.162 e. The van der Waals surface area contributed by atoms with Crippen LogP contribution in [0.1, 0.15) is 22.9 Å². The molecule has 20 heavy (non-hydrogen) atoms. The molecule has 0 saturated heterocycles. The lowest BCUT2D eigenvalue weighted by Crippen LogP contribution is -2.12. The van der Waals surface area contributed by atoms with Crippen LogP contribution in [0.5, 0.6) is 11.5 Å². The van der Waals surface area contributed by atoms with Gasteiger partial charge in [-0.05, 0) is 29.1 Å². The lowest BCUT2D eigenvalue weighted by Gasteiger charge is -2.16. The van der Waals surface area contributed by atoms with Gasteiger partial charge in [-0.1, -0.05) is 27.5 Å². The van der Waals surface area contributed by atoms with E-state index in [1.54, 1.807) is 11.3 Å². The van der Waals surface area contributed by atoms with E-state index in [1.165, 1.54) is 0 Å². The molecule has 2 aromatic rings. The van der Waals surface area contributed by atoms with Crippen molar-refractivity contribution in [2.24, 2.45) is 5.73 Å². The van der Waals surface area contributed by atoms with Gasteiger partial charge in [0, 0.05) is 15.8 Å². The van der Waals surface area contributed by atoms with Gasteiger partial charge in [0.2, 0.25) is 0 Å². The van der Waals surface area contributed by atoms with Gasteiger partial charge in [-0.2, -0.15) is 0 Å². The summed E-state index contributed by atoms with van der Waals surface area (Å²) in [5, 5.41) is 2.63. The average molecular weight is 375 g/mol. The SMILES string of the molecule is NC(c1cc2c(cc1Br)OCCCO2)c1sccc1Cl. The second-order valence-electron chi connectivity index (χ2n) is 4.48. The highest BCUT2D eigenvalue weighted by Gasteiger charge is 2.21. The van der Waals surface area contributed by atoms with Crippen molar-refractivity contribution in [2.75, 3.05) is 13.2 Å². The van der Waals surface area contributed by atoms with Gasteiger partial charge >= 0.3 is 0 Å². The van der Waals surface area contributed by atoms with Crippen LogP contribution in [0.4, 0.5) is 0 Å². The van der Waals surface area contributed by atoms with Crippen molar-refractivity contribution in [1.82, 2.24) is 0 Å². The molecule has 1 aliphatic rings. The molecule has 0 radical (unpaired) electrons. The van der Waals surface area contributed by atoms with Crippen molar-refractivity contribution < 1.29 is 9.47 Å². The van der Waals surface area contributed by atoms with E-state index in [4.69, 9.17) is 26.8 Å². The van der Waals surface area contributed by atoms with Gasteiger partial charge in [-0.15, -0.1) is 11.3 Å². The summed E-state index contributed by atoms with van der Waals surface area (Å²) in [6, 6.07) is 5.43. The molecule has 1 aromatic heterocycles. The zero-order valence-corrected chi connectivity index (χ0v) is 13.7. The predicted molar refractivity (Wildman–Crippen MR) is 85.1 cm³/mol. The number of hydrogen-bond acceptors (Lipinski definition) is 4. The van der Waals surface area contributed by atoms with Gasteiger partial charge in [-0.3, -0.25) is 0 Å². The van der Waals surface area contributed by atoms with Gasteiger partial charge in [0.15, 0.2) is 11.5 Å². The minimum atomic E-state index is -0.283. The van der Waals surface area contributed by atoms with Crippen LogP contribution >= 0.6 is 38.9 Å². The van der Waals surface area contributed by atoms with E-state index in [-0.39, 0.29) is 6.04 Å². The summed E-state index contributed by atoms with van der Waals surface area (Å²) in [4.78, 5) is 0.946. The smallest absolute Gasteiger partial charge is 0.162 e. The molecule has 2 N–H and O–H groups in total. The Labute approximate surface area is 134 Å². The van der Waals surface area contributed by atoms with Gasteiger partial charge < -0.3 is 15.2 Å². The molecule has 1 atom stereocenters. The topological polar surface area (TPSA) is 44.5 Å². The number of fused-ring (bicyclic) bond motifs is 1. The fourth-order valence-corrected chi connectivity index (χ4v) is 3.87. The number of hydrogen-bond donors (Lipinski definition) is 1. The first kappa shape index (κ1) is 14.2. The number of ether oxygens (including phenoxy) is 2. The molecule has 3 rings (SSSR count). The molecule has 1 aliphatic heterocycles. The molecule has 0 saturated carbocycles. The highest BCUT2D eigenvalue weighted by Crippen LogP contribution is 2.40. The fraction of sp³-hybridized carbons (Fsp3) is 0.286. The van der Waals surface area contributed by atoms with Crippen LogP contribution in [-0.4, -0.2) is 13.2 Å². The molecule has 2 heterocycles. The van der Waals surface area contributed by atoms with Crippen molar-refractivity contribution in [3.63, 3.8) is 0 Å². The maximum atomic E-state index is 6.33. The van der Waals surface area contributed by atoms with E-state index in [2.05, 4.69) is 15.9 Å². The molecule has 6 heteroatoms. The first-order chi connectivity index (χ1) is 9.66. The highest BCUT2D eigenvalue weighted by atomic mass is 79.9. The summed E-state index contributed by atoms with van der Waals surface area (Å²) < 4.78 is 12.3. The zero-order chi connectivity index (χ0) is 14.1. The van der Waals surface area contributed by atoms with Crippen LogP contribution in [-0.2, 0) is 0 Å². The Balaban J connectivity index is 2.01. The first-order valence-electron chi connectivity index (χ1n) is 6.24. The van der Waals surface area contributed by atoms with Gasteiger partial charge in [0.05, 0.1) is 24.3 Å². The Morgan fingerprint density at radius 2 is 1.95 bits per heavy atom. The summed E-state index contributed by atoms with van der Waals surface area (Å²) in [5.41, 5.74) is 7.28. The molecule has 1 unspecified atom stereocenters. The monoisotopic (exact) mass is 373 g/mol. The third kappa shape index (κ3) is 2.68. The molecule has 3 nitrogen and oxygen atoms in total. The standard InChI is InChI=1S/C14H13BrClNO2S/c15-9-7-12-11(18-3-1-4-19-12)6-8(9)13(17)14-10(16)2-5-20-14/h2,5-7,13H,1,3-4,17H2. The van der Waals surface area contributed by atoms with Crippen molar-refractivity contribution in [3.05, 3.63) is 43.5 Å². The normalized spacial score (nSPS) is 15.8. The Kier molecular flexibility index (Phi) is 4.21. The Hall–Kier alpha value is -0.750. The molecule has 0 aliphatic carbocycles. The largest absolute Gasteiger partial charge is 0.490 e. The van der Waals surface area contributed by atoms with Gasteiger partial charge in [-0.25, -0.2) is 0 Å². The Morgan fingerprint density at radius 1 is 1.25 bits per heavy atom. The lowest BCUT2D eigenvalue weighted by molar-refractivity contribution is 0.297. The van der Waals surface area contributed by atoms with E-state index < -0.39 is 0 Å². The first-order valence-corrected chi connectivity index (χ1v) is 8.29. The highest BCUT2D eigenvalue weighted by molar-refractivity contribution is 9.10. The van der Waals surface area contributed by atoms with E-state index in [9.17, 15) is 0 Å². The number of benzene rings is 1. The summed E-state index contributed by atoms with van der Waals surface area (Å²) in [5.74, 6) is 1.49. The van der Waals surface area contributed by atoms with E-state index in [0.717, 1.165) is 32.8 Å².